The Bertz CT molecular complexity index is 532. The minimum atomic E-state index is -0.909. The molecule has 1 aromatic carbocycles. The summed E-state index contributed by atoms with van der Waals surface area (Å²) in [4.78, 5) is 20.1. The molecule has 0 aliphatic carbocycles. The SMILES string of the molecule is CC(=O)NCCC#Cc1ccc([N+](=O)[O-])c(F)c1. The van der Waals surface area contributed by atoms with E-state index in [0.29, 0.717) is 18.5 Å². The fourth-order valence-corrected chi connectivity index (χ4v) is 1.20. The zero-order valence-corrected chi connectivity index (χ0v) is 9.70. The Morgan fingerprint density at radius 3 is 2.83 bits per heavy atom. The van der Waals surface area contributed by atoms with Crippen LogP contribution in [0.3, 0.4) is 0 Å². The Labute approximate surface area is 103 Å². The second-order valence-electron chi connectivity index (χ2n) is 3.46. The average Bonchev–Trinajstić information content (AvgIpc) is 2.27. The van der Waals surface area contributed by atoms with E-state index < -0.39 is 16.4 Å². The number of hydrogen-bond donors (Lipinski definition) is 1. The summed E-state index contributed by atoms with van der Waals surface area (Å²) < 4.78 is 13.2. The van der Waals surface area contributed by atoms with Crippen molar-refractivity contribution in [1.82, 2.24) is 5.32 Å². The van der Waals surface area contributed by atoms with Crippen LogP contribution in [0.25, 0.3) is 0 Å². The lowest BCUT2D eigenvalue weighted by Gasteiger charge is -1.95. The van der Waals surface area contributed by atoms with Gasteiger partial charge in [0.2, 0.25) is 11.7 Å². The third-order valence-corrected chi connectivity index (χ3v) is 2.00. The number of nitro benzene ring substituents is 1. The molecule has 1 N–H and O–H groups in total. The van der Waals surface area contributed by atoms with E-state index in [4.69, 9.17) is 0 Å². The van der Waals surface area contributed by atoms with Crippen LogP contribution in [0.1, 0.15) is 18.9 Å². The quantitative estimate of drug-likeness (QED) is 0.383. The molecule has 1 amide bonds. The molecule has 5 nitrogen and oxygen atoms in total. The molecule has 0 aliphatic heterocycles. The first-order valence-electron chi connectivity index (χ1n) is 5.18. The van der Waals surface area contributed by atoms with Gasteiger partial charge in [-0.2, -0.15) is 4.39 Å². The minimum Gasteiger partial charge on any atom is -0.355 e. The standard InChI is InChI=1S/C12H11FN2O3/c1-9(16)14-7-3-2-4-10-5-6-12(15(17)18)11(13)8-10/h5-6,8H,3,7H2,1H3,(H,14,16). The van der Waals surface area contributed by atoms with Gasteiger partial charge in [0.05, 0.1) is 4.92 Å². The number of amides is 1. The number of carbonyl (C=O) groups is 1. The van der Waals surface area contributed by atoms with Crippen molar-refractivity contribution >= 4 is 11.6 Å². The van der Waals surface area contributed by atoms with Crippen molar-refractivity contribution in [3.05, 3.63) is 39.7 Å². The maximum absolute atomic E-state index is 13.2. The smallest absolute Gasteiger partial charge is 0.304 e. The summed E-state index contributed by atoms with van der Waals surface area (Å²) in [6.45, 7) is 1.82. The number of nitrogens with one attached hydrogen (secondary N) is 1. The van der Waals surface area contributed by atoms with Crippen molar-refractivity contribution in [1.29, 1.82) is 0 Å². The van der Waals surface area contributed by atoms with Crippen molar-refractivity contribution in [2.45, 2.75) is 13.3 Å². The summed E-state index contributed by atoms with van der Waals surface area (Å²) in [5, 5.41) is 12.9. The molecule has 0 radical (unpaired) electrons. The first kappa shape index (κ1) is 13.6. The van der Waals surface area contributed by atoms with E-state index in [1.54, 1.807) is 0 Å². The van der Waals surface area contributed by atoms with E-state index in [-0.39, 0.29) is 5.91 Å². The number of carbonyl (C=O) groups excluding carboxylic acids is 1. The minimum absolute atomic E-state index is 0.141. The van der Waals surface area contributed by atoms with Crippen LogP contribution in [-0.2, 0) is 4.79 Å². The number of rotatable bonds is 3. The summed E-state index contributed by atoms with van der Waals surface area (Å²) in [5.41, 5.74) is -0.209. The fraction of sp³-hybridized carbons (Fsp3) is 0.250. The maximum Gasteiger partial charge on any atom is 0.304 e. The van der Waals surface area contributed by atoms with Crippen LogP contribution in [0.5, 0.6) is 0 Å². The van der Waals surface area contributed by atoms with Crippen LogP contribution in [0, 0.1) is 27.8 Å². The van der Waals surface area contributed by atoms with E-state index >= 15 is 0 Å². The van der Waals surface area contributed by atoms with Crippen LogP contribution >= 0.6 is 0 Å². The van der Waals surface area contributed by atoms with E-state index in [2.05, 4.69) is 17.2 Å². The summed E-state index contributed by atoms with van der Waals surface area (Å²) in [7, 11) is 0. The zero-order valence-electron chi connectivity index (χ0n) is 9.70. The van der Waals surface area contributed by atoms with Gasteiger partial charge in [0.25, 0.3) is 0 Å². The van der Waals surface area contributed by atoms with Gasteiger partial charge in [-0.1, -0.05) is 11.8 Å². The largest absolute Gasteiger partial charge is 0.355 e. The third kappa shape index (κ3) is 4.22. The molecule has 6 heteroatoms. The lowest BCUT2D eigenvalue weighted by molar-refractivity contribution is -0.387. The molecule has 0 aliphatic rings. The summed E-state index contributed by atoms with van der Waals surface area (Å²) in [6.07, 6.45) is 0.429. The lowest BCUT2D eigenvalue weighted by atomic mass is 10.2. The number of nitro groups is 1. The molecule has 0 heterocycles. The van der Waals surface area contributed by atoms with Gasteiger partial charge in [0.1, 0.15) is 0 Å². The predicted octanol–water partition coefficient (Wildman–Crippen LogP) is 1.61. The van der Waals surface area contributed by atoms with E-state index in [9.17, 15) is 19.3 Å². The van der Waals surface area contributed by atoms with Crippen molar-refractivity contribution in [2.24, 2.45) is 0 Å². The second kappa shape index (κ2) is 6.35. The van der Waals surface area contributed by atoms with Crippen molar-refractivity contribution in [2.75, 3.05) is 6.54 Å². The molecule has 0 saturated heterocycles. The fourth-order valence-electron chi connectivity index (χ4n) is 1.20. The highest BCUT2D eigenvalue weighted by Gasteiger charge is 2.12. The maximum atomic E-state index is 13.2. The van der Waals surface area contributed by atoms with E-state index in [0.717, 1.165) is 12.1 Å². The van der Waals surface area contributed by atoms with Crippen molar-refractivity contribution in [3.8, 4) is 11.8 Å². The van der Waals surface area contributed by atoms with Gasteiger partial charge < -0.3 is 5.32 Å². The predicted molar refractivity (Wildman–Crippen MR) is 63.2 cm³/mol. The molecule has 1 rings (SSSR count). The first-order valence-corrected chi connectivity index (χ1v) is 5.18. The average molecular weight is 250 g/mol. The number of nitrogens with zero attached hydrogens (tertiary/aromatic N) is 1. The van der Waals surface area contributed by atoms with Gasteiger partial charge in [-0.15, -0.1) is 0 Å². The number of hydrogen-bond acceptors (Lipinski definition) is 3. The van der Waals surface area contributed by atoms with Crippen LogP contribution in [0.4, 0.5) is 10.1 Å². The second-order valence-corrected chi connectivity index (χ2v) is 3.46. The van der Waals surface area contributed by atoms with Gasteiger partial charge in [-0.3, -0.25) is 14.9 Å². The summed E-state index contributed by atoms with van der Waals surface area (Å²) >= 11 is 0. The Balaban J connectivity index is 2.64. The normalized spacial score (nSPS) is 9.22. The van der Waals surface area contributed by atoms with E-state index in [1.807, 2.05) is 0 Å². The van der Waals surface area contributed by atoms with Crippen LogP contribution in [-0.4, -0.2) is 17.4 Å². The third-order valence-electron chi connectivity index (χ3n) is 2.00. The van der Waals surface area contributed by atoms with Crippen LogP contribution < -0.4 is 5.32 Å². The van der Waals surface area contributed by atoms with Crippen molar-refractivity contribution in [3.63, 3.8) is 0 Å². The monoisotopic (exact) mass is 250 g/mol. The van der Waals surface area contributed by atoms with E-state index in [1.165, 1.54) is 13.0 Å². The topological polar surface area (TPSA) is 72.2 Å². The van der Waals surface area contributed by atoms with Gasteiger partial charge in [-0.25, -0.2) is 0 Å². The highest BCUT2D eigenvalue weighted by atomic mass is 19.1. The molecule has 0 spiro atoms. The highest BCUT2D eigenvalue weighted by molar-refractivity contribution is 5.72. The lowest BCUT2D eigenvalue weighted by Crippen LogP contribution is -2.20. The van der Waals surface area contributed by atoms with Crippen LogP contribution in [0.2, 0.25) is 0 Å². The molecule has 0 aromatic heterocycles. The molecule has 94 valence electrons. The molecule has 0 bridgehead atoms. The molecule has 1 aromatic rings. The summed E-state index contributed by atoms with van der Waals surface area (Å²) in [5.74, 6) is 4.34. The Kier molecular flexibility index (Phi) is 4.81. The van der Waals surface area contributed by atoms with Gasteiger partial charge in [0.15, 0.2) is 0 Å². The number of halogens is 1. The van der Waals surface area contributed by atoms with Gasteiger partial charge in [0, 0.05) is 31.5 Å². The molecule has 0 atom stereocenters. The van der Waals surface area contributed by atoms with Gasteiger partial charge in [-0.05, 0) is 12.1 Å². The zero-order chi connectivity index (χ0) is 13.5. The summed E-state index contributed by atoms with van der Waals surface area (Å²) in [6, 6.07) is 3.48. The Hall–Kier alpha value is -2.42. The van der Waals surface area contributed by atoms with Crippen LogP contribution in [0.15, 0.2) is 18.2 Å². The Morgan fingerprint density at radius 1 is 1.56 bits per heavy atom. The number of benzene rings is 1. The molecule has 0 saturated carbocycles. The molecular formula is C12H11FN2O3. The highest BCUT2D eigenvalue weighted by Crippen LogP contribution is 2.17. The first-order chi connectivity index (χ1) is 8.50. The molecule has 0 unspecified atom stereocenters. The molecule has 0 fully saturated rings. The molecule has 18 heavy (non-hydrogen) atoms. The van der Waals surface area contributed by atoms with Crippen molar-refractivity contribution < 1.29 is 14.1 Å². The molecular weight excluding hydrogens is 239 g/mol. The Morgan fingerprint density at radius 2 is 2.28 bits per heavy atom. The van der Waals surface area contributed by atoms with Gasteiger partial charge >= 0.3 is 5.69 Å².